The number of benzene rings is 1. The predicted molar refractivity (Wildman–Crippen MR) is 159 cm³/mol. The summed E-state index contributed by atoms with van der Waals surface area (Å²) in [6.45, 7) is 6.06. The number of fused-ring (bicyclic) bond motifs is 1. The lowest BCUT2D eigenvalue weighted by molar-refractivity contribution is 0.589. The number of rotatable bonds is 7. The van der Waals surface area contributed by atoms with Crippen LogP contribution >= 0.6 is 11.6 Å². The van der Waals surface area contributed by atoms with Gasteiger partial charge >= 0.3 is 0 Å². The van der Waals surface area contributed by atoms with Crippen LogP contribution < -0.4 is 21.1 Å². The zero-order valence-electron chi connectivity index (χ0n) is 22.0. The standard InChI is InChI=1S/C27H31ClN8O2S/c1-17-24(31-16-36(17)39(2,3)38)21-12-19-14-30-27(33-25(19)35(26(21)37)15-18-4-5-18)32-20-6-7-23(22(28)13-20)34-10-8-29-9-11-34/h6-7,12-14,16,18,29H,2,4-5,8-11,15H2,1,3H3,(H,30,32,33). The monoisotopic (exact) mass is 566 g/mol. The summed E-state index contributed by atoms with van der Waals surface area (Å²) in [7, 11) is -2.55. The molecule has 0 bridgehead atoms. The molecule has 4 aromatic rings. The van der Waals surface area contributed by atoms with Crippen molar-refractivity contribution in [3.8, 4) is 11.3 Å². The molecule has 0 amide bonds. The van der Waals surface area contributed by atoms with Gasteiger partial charge in [0.2, 0.25) is 5.95 Å². The Morgan fingerprint density at radius 3 is 2.64 bits per heavy atom. The molecule has 2 aliphatic rings. The van der Waals surface area contributed by atoms with Crippen LogP contribution in [0.4, 0.5) is 17.3 Å². The van der Waals surface area contributed by atoms with Gasteiger partial charge in [-0.25, -0.2) is 14.2 Å². The van der Waals surface area contributed by atoms with Crippen LogP contribution in [0, 0.1) is 12.8 Å². The van der Waals surface area contributed by atoms with Gasteiger partial charge < -0.3 is 15.5 Å². The maximum Gasteiger partial charge on any atom is 0.261 e. The van der Waals surface area contributed by atoms with Crippen molar-refractivity contribution in [2.45, 2.75) is 26.3 Å². The van der Waals surface area contributed by atoms with E-state index in [9.17, 15) is 9.00 Å². The fourth-order valence-electron chi connectivity index (χ4n) is 5.04. The van der Waals surface area contributed by atoms with E-state index in [0.717, 1.165) is 55.8 Å². The minimum atomic E-state index is -2.55. The molecule has 1 saturated carbocycles. The van der Waals surface area contributed by atoms with Gasteiger partial charge in [0, 0.05) is 66.0 Å². The number of halogens is 1. The molecular weight excluding hydrogens is 536 g/mol. The molecule has 0 radical (unpaired) electrons. The van der Waals surface area contributed by atoms with Crippen molar-refractivity contribution in [2.24, 2.45) is 5.92 Å². The summed E-state index contributed by atoms with van der Waals surface area (Å²) >= 11 is 6.63. The Kier molecular flexibility index (Phi) is 6.60. The maximum atomic E-state index is 13.8. The number of nitrogens with one attached hydrogen (secondary N) is 2. The molecule has 10 nitrogen and oxygen atoms in total. The molecule has 1 saturated heterocycles. The van der Waals surface area contributed by atoms with Crippen molar-refractivity contribution < 1.29 is 4.21 Å². The summed E-state index contributed by atoms with van der Waals surface area (Å²) in [6.07, 6.45) is 6.91. The number of aromatic nitrogens is 5. The van der Waals surface area contributed by atoms with Crippen LogP contribution in [0.5, 0.6) is 0 Å². The molecule has 1 atom stereocenters. The van der Waals surface area contributed by atoms with Crippen LogP contribution in [0.3, 0.4) is 0 Å². The molecule has 1 aliphatic carbocycles. The number of hydrogen-bond acceptors (Lipinski definition) is 8. The number of hydrogen-bond donors (Lipinski definition) is 2. The Balaban J connectivity index is 1.37. The van der Waals surface area contributed by atoms with Crippen LogP contribution in [-0.4, -0.2) is 66.0 Å². The average molecular weight is 567 g/mol. The lowest BCUT2D eigenvalue weighted by Crippen LogP contribution is -2.43. The number of imidazole rings is 1. The van der Waals surface area contributed by atoms with Crippen LogP contribution in [0.2, 0.25) is 5.02 Å². The zero-order valence-corrected chi connectivity index (χ0v) is 23.6. The lowest BCUT2D eigenvalue weighted by atomic mass is 10.1. The molecule has 12 heteroatoms. The predicted octanol–water partition coefficient (Wildman–Crippen LogP) is 3.29. The minimum absolute atomic E-state index is 0.178. The summed E-state index contributed by atoms with van der Waals surface area (Å²) in [4.78, 5) is 29.8. The summed E-state index contributed by atoms with van der Waals surface area (Å²) in [5, 5.41) is 7.99. The second-order valence-electron chi connectivity index (χ2n) is 10.4. The maximum absolute atomic E-state index is 13.8. The highest BCUT2D eigenvalue weighted by molar-refractivity contribution is 7.98. The Labute approximate surface area is 232 Å². The van der Waals surface area contributed by atoms with Crippen LogP contribution in [-0.2, 0) is 16.3 Å². The molecule has 6 rings (SSSR count). The number of anilines is 3. The van der Waals surface area contributed by atoms with Crippen molar-refractivity contribution in [1.29, 1.82) is 0 Å². The highest BCUT2D eigenvalue weighted by atomic mass is 35.5. The molecule has 39 heavy (non-hydrogen) atoms. The quantitative estimate of drug-likeness (QED) is 0.328. The highest BCUT2D eigenvalue weighted by Crippen LogP contribution is 2.33. The van der Waals surface area contributed by atoms with Crippen LogP contribution in [0.15, 0.2) is 41.6 Å². The van der Waals surface area contributed by atoms with Gasteiger partial charge in [0.1, 0.15) is 12.0 Å². The van der Waals surface area contributed by atoms with Crippen LogP contribution in [0.25, 0.3) is 22.3 Å². The largest absolute Gasteiger partial charge is 0.368 e. The molecule has 4 heterocycles. The topological polar surface area (TPSA) is 110 Å². The Morgan fingerprint density at radius 1 is 1.21 bits per heavy atom. The third-order valence-corrected chi connectivity index (χ3v) is 8.77. The summed E-state index contributed by atoms with van der Waals surface area (Å²) in [5.41, 5.74) is 3.71. The lowest BCUT2D eigenvalue weighted by Gasteiger charge is -2.30. The zero-order chi connectivity index (χ0) is 27.3. The van der Waals surface area contributed by atoms with E-state index in [1.165, 1.54) is 10.3 Å². The fourth-order valence-corrected chi connectivity index (χ4v) is 6.25. The molecule has 204 valence electrons. The first kappa shape index (κ1) is 25.8. The first-order chi connectivity index (χ1) is 18.7. The van der Waals surface area contributed by atoms with Gasteiger partial charge in [-0.2, -0.15) is 4.98 Å². The van der Waals surface area contributed by atoms with Crippen molar-refractivity contribution >= 4 is 55.5 Å². The van der Waals surface area contributed by atoms with Crippen molar-refractivity contribution in [3.63, 3.8) is 0 Å². The normalized spacial score (nSPS) is 17.4. The van der Waals surface area contributed by atoms with Gasteiger partial charge in [-0.15, -0.1) is 0 Å². The van der Waals surface area contributed by atoms with Gasteiger partial charge in [0.25, 0.3) is 5.56 Å². The molecule has 2 N–H and O–H groups in total. The fraction of sp³-hybridized carbons (Fsp3) is 0.370. The molecule has 1 aromatic carbocycles. The van der Waals surface area contributed by atoms with Gasteiger partial charge in [0.05, 0.1) is 27.7 Å². The van der Waals surface area contributed by atoms with Gasteiger partial charge in [-0.05, 0) is 55.8 Å². The van der Waals surface area contributed by atoms with E-state index in [2.05, 4.69) is 31.4 Å². The third kappa shape index (κ3) is 5.13. The Morgan fingerprint density at radius 2 is 1.97 bits per heavy atom. The number of piperazine rings is 1. The minimum Gasteiger partial charge on any atom is -0.368 e. The molecule has 0 spiro atoms. The number of pyridine rings is 1. The first-order valence-electron chi connectivity index (χ1n) is 13.0. The van der Waals surface area contributed by atoms with E-state index >= 15 is 0 Å². The summed E-state index contributed by atoms with van der Waals surface area (Å²) < 4.78 is 15.8. The Hall–Kier alpha value is -3.41. The second-order valence-corrected chi connectivity index (χ2v) is 13.1. The Bertz CT molecular complexity index is 1740. The van der Waals surface area contributed by atoms with E-state index in [1.54, 1.807) is 30.0 Å². The first-order valence-corrected chi connectivity index (χ1v) is 15.5. The van der Waals surface area contributed by atoms with Crippen molar-refractivity contribution in [3.05, 3.63) is 57.9 Å². The second kappa shape index (κ2) is 9.96. The molecule has 1 unspecified atom stereocenters. The molecule has 2 fully saturated rings. The highest BCUT2D eigenvalue weighted by Gasteiger charge is 2.26. The van der Waals surface area contributed by atoms with Gasteiger partial charge in [-0.1, -0.05) is 11.6 Å². The molecular formula is C27H31ClN8O2S. The van der Waals surface area contributed by atoms with E-state index in [0.29, 0.717) is 46.0 Å². The smallest absolute Gasteiger partial charge is 0.261 e. The van der Waals surface area contributed by atoms with Crippen molar-refractivity contribution in [1.82, 2.24) is 28.8 Å². The van der Waals surface area contributed by atoms with Gasteiger partial charge in [-0.3, -0.25) is 13.3 Å². The number of nitrogens with zero attached hydrogens (tertiary/aromatic N) is 6. The SMILES string of the molecule is C=S(C)(=O)n1cnc(-c2cc3cnc(Nc4ccc(N5CCNCC5)c(Cl)c4)nc3n(CC3CC3)c2=O)c1C. The van der Waals surface area contributed by atoms with E-state index in [4.69, 9.17) is 16.6 Å². The van der Waals surface area contributed by atoms with E-state index in [-0.39, 0.29) is 5.56 Å². The van der Waals surface area contributed by atoms with Gasteiger partial charge in [0.15, 0.2) is 0 Å². The summed E-state index contributed by atoms with van der Waals surface area (Å²) in [6, 6.07) is 7.61. The molecule has 1 aliphatic heterocycles. The van der Waals surface area contributed by atoms with Crippen molar-refractivity contribution in [2.75, 3.05) is 42.7 Å². The summed E-state index contributed by atoms with van der Waals surface area (Å²) in [5.74, 6) is 4.58. The molecule has 3 aromatic heterocycles. The van der Waals surface area contributed by atoms with Crippen LogP contribution in [0.1, 0.15) is 18.5 Å². The van der Waals surface area contributed by atoms with E-state index < -0.39 is 9.71 Å². The van der Waals surface area contributed by atoms with E-state index in [1.807, 2.05) is 18.2 Å². The average Bonchev–Trinajstić information content (AvgIpc) is 3.64. The third-order valence-electron chi connectivity index (χ3n) is 7.26.